The van der Waals surface area contributed by atoms with Gasteiger partial charge in [0.25, 0.3) is 5.91 Å². The van der Waals surface area contributed by atoms with E-state index in [4.69, 9.17) is 9.47 Å². The first-order valence-corrected chi connectivity index (χ1v) is 28.4. The molecule has 1 aromatic rings. The number of hydrogen-bond donors (Lipinski definition) is 8. The maximum Gasteiger partial charge on any atom is 0.325 e. The number of nitrogens with zero attached hydrogens (tertiary/aromatic N) is 1. The van der Waals surface area contributed by atoms with Gasteiger partial charge >= 0.3 is 5.97 Å². The lowest BCUT2D eigenvalue weighted by atomic mass is 9.69. The highest BCUT2D eigenvalue weighted by Gasteiger charge is 2.57. The highest BCUT2D eigenvalue weighted by atomic mass is 19.1. The monoisotopic (exact) mass is 1090 g/mol. The lowest BCUT2D eigenvalue weighted by molar-refractivity contribution is -0.267. The molecule has 4 aliphatic rings. The number of carbonyl (C=O) groups is 6. The van der Waals surface area contributed by atoms with Crippen molar-refractivity contribution in [2.75, 3.05) is 6.54 Å². The molecular formula is C60H90FN5O12. The van der Waals surface area contributed by atoms with Gasteiger partial charge in [0.05, 0.1) is 36.4 Å². The van der Waals surface area contributed by atoms with Crippen LogP contribution in [-0.4, -0.2) is 128 Å². The Bertz CT molecular complexity index is 2340. The number of Topliss-reactive ketones (excluding diaryl/α,β-unsaturated/α-hetero) is 1. The number of benzene rings is 1. The zero-order chi connectivity index (χ0) is 57.6. The number of esters is 1. The average molecular weight is 1090 g/mol. The lowest BCUT2D eigenvalue weighted by Gasteiger charge is -2.56. The summed E-state index contributed by atoms with van der Waals surface area (Å²) in [6.07, 6.45) is 10.4. The van der Waals surface area contributed by atoms with Crippen molar-refractivity contribution in [2.45, 2.75) is 200 Å². The fourth-order valence-corrected chi connectivity index (χ4v) is 11.3. The zero-order valence-electron chi connectivity index (χ0n) is 47.5. The summed E-state index contributed by atoms with van der Waals surface area (Å²) in [5, 5.41) is 55.6. The second-order valence-corrected chi connectivity index (χ2v) is 23.1. The molecule has 1 unspecified atom stereocenters. The van der Waals surface area contributed by atoms with E-state index in [0.29, 0.717) is 49.7 Å². The van der Waals surface area contributed by atoms with E-state index in [1.54, 1.807) is 45.1 Å². The Hall–Kier alpha value is -5.11. The van der Waals surface area contributed by atoms with E-state index in [1.165, 1.54) is 36.2 Å². The summed E-state index contributed by atoms with van der Waals surface area (Å²) >= 11 is 0. The molecule has 17 atom stereocenters. The normalized spacial score (nSPS) is 34.9. The molecule has 18 heteroatoms. The fraction of sp³-hybridized carbons (Fsp3) is 0.667. The number of ketones is 1. The van der Waals surface area contributed by atoms with Crippen molar-refractivity contribution in [1.82, 2.24) is 26.4 Å². The fourth-order valence-electron chi connectivity index (χ4n) is 11.3. The molecule has 3 saturated heterocycles. The number of carbonyl (C=O) groups excluding carboxylic acids is 6. The predicted molar refractivity (Wildman–Crippen MR) is 294 cm³/mol. The summed E-state index contributed by atoms with van der Waals surface area (Å²) in [6, 6.07) is 2.15. The van der Waals surface area contributed by atoms with Gasteiger partial charge in [-0.3, -0.25) is 29.0 Å². The Morgan fingerprint density at radius 3 is 2.37 bits per heavy atom. The minimum Gasteiger partial charge on any atom is -0.456 e. The van der Waals surface area contributed by atoms with Crippen LogP contribution in [0, 0.1) is 53.2 Å². The SMILES string of the molecule is CC[C@H]1C[C@H](C)[C@@]2(NC1=O)O[C@H](C[C@H](O)[C@@H](C)CC/C=C\C=C(/C)[C@@H]1C/C=C/C=C/[C@H](O)[C@H](C)[C@@H](O)[C@@H](CCC(C)=O)C(=O)N[C@@H](C(C)C)C(=O)N[C@@H](Cc3cccc(F)c3)C(=O)N3CCCC(N3)C(=O)O1)[C@H](C)[C@H](O)[C@@H]2C. The molecule has 0 aliphatic carbocycles. The van der Waals surface area contributed by atoms with Crippen LogP contribution >= 0.6 is 0 Å². The van der Waals surface area contributed by atoms with Crippen LogP contribution in [0.4, 0.5) is 4.39 Å². The van der Waals surface area contributed by atoms with Gasteiger partial charge in [-0.1, -0.05) is 110 Å². The number of hydrazine groups is 1. The van der Waals surface area contributed by atoms with E-state index in [0.717, 1.165) is 6.42 Å². The van der Waals surface area contributed by atoms with E-state index in [1.807, 2.05) is 52.8 Å². The van der Waals surface area contributed by atoms with Crippen LogP contribution in [-0.2, 0) is 44.7 Å². The molecule has 3 fully saturated rings. The maximum absolute atomic E-state index is 14.5. The van der Waals surface area contributed by atoms with Crippen LogP contribution < -0.4 is 21.4 Å². The largest absolute Gasteiger partial charge is 0.456 e. The quantitative estimate of drug-likeness (QED) is 0.0760. The number of cyclic esters (lactones) is 1. The highest BCUT2D eigenvalue weighted by molar-refractivity contribution is 5.93. The smallest absolute Gasteiger partial charge is 0.325 e. The van der Waals surface area contributed by atoms with E-state index in [-0.39, 0.29) is 73.5 Å². The van der Waals surface area contributed by atoms with Gasteiger partial charge in [-0.25, -0.2) is 9.82 Å². The van der Waals surface area contributed by atoms with Crippen molar-refractivity contribution in [3.63, 3.8) is 0 Å². The Morgan fingerprint density at radius 1 is 0.962 bits per heavy atom. The molecule has 1 aromatic carbocycles. The molecule has 0 aromatic heterocycles. The van der Waals surface area contributed by atoms with Gasteiger partial charge in [-0.05, 0) is 93.9 Å². The second-order valence-electron chi connectivity index (χ2n) is 23.1. The third-order valence-corrected chi connectivity index (χ3v) is 16.9. The van der Waals surface area contributed by atoms with Crippen molar-refractivity contribution < 1.29 is 63.1 Å². The number of nitrogens with one attached hydrogen (secondary N) is 4. The molecule has 434 valence electrons. The minimum atomic E-state index is -1.45. The number of aliphatic hydroxyl groups excluding tert-OH is 4. The van der Waals surface area contributed by atoms with Gasteiger partial charge in [0.1, 0.15) is 41.6 Å². The van der Waals surface area contributed by atoms with Crippen molar-refractivity contribution in [3.8, 4) is 0 Å². The van der Waals surface area contributed by atoms with Crippen LogP contribution in [0.3, 0.4) is 0 Å². The van der Waals surface area contributed by atoms with Gasteiger partial charge in [-0.15, -0.1) is 0 Å². The molecular weight excluding hydrogens is 1000 g/mol. The third kappa shape index (κ3) is 16.7. The van der Waals surface area contributed by atoms with Gasteiger partial charge in [0.15, 0.2) is 0 Å². The topological polar surface area (TPSA) is 253 Å². The maximum atomic E-state index is 14.5. The first kappa shape index (κ1) is 63.7. The molecule has 78 heavy (non-hydrogen) atoms. The lowest BCUT2D eigenvalue weighted by Crippen LogP contribution is -2.71. The number of amides is 4. The van der Waals surface area contributed by atoms with Crippen LogP contribution in [0.1, 0.15) is 139 Å². The van der Waals surface area contributed by atoms with Gasteiger partial charge in [0, 0.05) is 61.8 Å². The summed E-state index contributed by atoms with van der Waals surface area (Å²) in [7, 11) is 0. The molecule has 4 heterocycles. The summed E-state index contributed by atoms with van der Waals surface area (Å²) < 4.78 is 27.4. The van der Waals surface area contributed by atoms with Crippen LogP contribution in [0.25, 0.3) is 0 Å². The summed E-state index contributed by atoms with van der Waals surface area (Å²) in [6.45, 7) is 18.2. The van der Waals surface area contributed by atoms with E-state index in [2.05, 4.69) is 28.3 Å². The summed E-state index contributed by atoms with van der Waals surface area (Å²) in [5.41, 5.74) is 3.10. The number of halogens is 1. The Kier molecular flexibility index (Phi) is 24.0. The zero-order valence-corrected chi connectivity index (χ0v) is 47.5. The number of allylic oxidation sites excluding steroid dienone is 5. The van der Waals surface area contributed by atoms with E-state index < -0.39 is 108 Å². The van der Waals surface area contributed by atoms with E-state index in [9.17, 15) is 53.6 Å². The van der Waals surface area contributed by atoms with Crippen molar-refractivity contribution >= 4 is 35.4 Å². The molecule has 0 saturated carbocycles. The number of hydrogen-bond acceptors (Lipinski definition) is 13. The number of aliphatic hydroxyl groups is 4. The van der Waals surface area contributed by atoms with E-state index >= 15 is 0 Å². The molecule has 17 nitrogen and oxygen atoms in total. The first-order chi connectivity index (χ1) is 36.9. The number of fused-ring (bicyclic) bond motifs is 2. The minimum absolute atomic E-state index is 0.0284. The summed E-state index contributed by atoms with van der Waals surface area (Å²) in [4.78, 5) is 82.1. The first-order valence-electron chi connectivity index (χ1n) is 28.4. The second kappa shape index (κ2) is 29.4. The Labute approximate surface area is 461 Å². The average Bonchev–Trinajstić information content (AvgIpc) is 3.51. The molecule has 2 bridgehead atoms. The van der Waals surface area contributed by atoms with Crippen LogP contribution in [0.5, 0.6) is 0 Å². The molecule has 4 amide bonds. The molecule has 0 radical (unpaired) electrons. The van der Waals surface area contributed by atoms with Crippen molar-refractivity contribution in [1.29, 1.82) is 0 Å². The number of ether oxygens (including phenoxy) is 2. The Morgan fingerprint density at radius 2 is 1.69 bits per heavy atom. The van der Waals surface area contributed by atoms with Crippen molar-refractivity contribution in [2.24, 2.45) is 47.3 Å². The van der Waals surface area contributed by atoms with Gasteiger partial charge in [0.2, 0.25) is 17.7 Å². The van der Waals surface area contributed by atoms with Gasteiger partial charge in [-0.2, -0.15) is 0 Å². The van der Waals surface area contributed by atoms with Crippen LogP contribution in [0.15, 0.2) is 72.4 Å². The van der Waals surface area contributed by atoms with Crippen LogP contribution in [0.2, 0.25) is 0 Å². The molecule has 1 spiro atoms. The standard InChI is InChI=1S/C60H90FN5O12/c1-11-43-30-37(6)60(64-55(43)72)41(10)53(70)40(9)51(78-60)33-49(69)35(4)20-14-12-15-21-36(5)50-26-17-13-16-25-48(68)39(8)54(71)45(28-27-38(7)67)56(73)63-52(34(2)3)57(74)62-47(32-42-22-18-23-44(61)31-42)58(75)66-29-19-24-46(65-66)59(76)77-50/h12-13,15-18,21-23,25,31,34-35,37,39-41,43,45-54,65,68-71H,11,14,19-20,24,26-30,32-33H2,1-10H3,(H,62,74)(H,63,73)(H,64,72)/b15-12-,17-13+,25-16+,36-21+/t35-,37-,39-,40-,41-,43-,45+,46?,47-,48-,49-,50-,51+,52-,53-,54+,60+/m0/s1. The highest BCUT2D eigenvalue weighted by Crippen LogP contribution is 2.46. The third-order valence-electron chi connectivity index (χ3n) is 16.9. The van der Waals surface area contributed by atoms with Crippen molar-refractivity contribution in [3.05, 3.63) is 83.8 Å². The molecule has 5 rings (SSSR count). The molecule has 4 aliphatic heterocycles. The van der Waals surface area contributed by atoms with Gasteiger partial charge < -0.3 is 50.6 Å². The number of rotatable bonds is 15. The summed E-state index contributed by atoms with van der Waals surface area (Å²) in [5.74, 6) is -7.01. The molecule has 8 N–H and O–H groups in total. The Balaban J connectivity index is 1.35. The predicted octanol–water partition coefficient (Wildman–Crippen LogP) is 5.84. The number of piperidine rings is 1.